The van der Waals surface area contributed by atoms with Crippen LogP contribution >= 0.6 is 0 Å². The number of nitrogens with one attached hydrogen (secondary N) is 12. The minimum absolute atomic E-state index is 0.00453. The Bertz CT molecular complexity index is 3470. The molecule has 6 rings (SSSR count). The van der Waals surface area contributed by atoms with Gasteiger partial charge in [0, 0.05) is 67.8 Å². The van der Waals surface area contributed by atoms with Crippen molar-refractivity contribution in [2.24, 2.45) is 28.1 Å². The number of likely N-dealkylation sites (tertiary alicyclic amines) is 1. The highest BCUT2D eigenvalue weighted by Gasteiger charge is 2.41. The molecule has 536 valence electrons. The third kappa shape index (κ3) is 25.2. The summed E-state index contributed by atoms with van der Waals surface area (Å²) in [7, 11) is 0. The second kappa shape index (κ2) is 36.5. The molecule has 2 aliphatic heterocycles. The van der Waals surface area contributed by atoms with Crippen molar-refractivity contribution in [2.45, 2.75) is 165 Å². The van der Waals surface area contributed by atoms with Crippen LogP contribution in [0.1, 0.15) is 96.4 Å². The highest BCUT2D eigenvalue weighted by atomic mass is 19.4. The first-order chi connectivity index (χ1) is 46.1. The summed E-state index contributed by atoms with van der Waals surface area (Å²) < 4.78 is 37.8. The summed E-state index contributed by atoms with van der Waals surface area (Å²) in [6, 6.07) is -0.716. The van der Waals surface area contributed by atoms with E-state index in [1.54, 1.807) is 65.1 Å². The number of carboxylic acid groups (broad SMARTS) is 1. The van der Waals surface area contributed by atoms with Crippen LogP contribution in [0.25, 0.3) is 10.9 Å². The lowest BCUT2D eigenvalue weighted by molar-refractivity contribution is -0.192. The fourth-order valence-corrected chi connectivity index (χ4v) is 10.2. The Kier molecular flexibility index (Phi) is 29.1. The maximum Gasteiger partial charge on any atom is 0.490 e. The zero-order valence-corrected chi connectivity index (χ0v) is 54.4. The largest absolute Gasteiger partial charge is 0.508 e. The van der Waals surface area contributed by atoms with Gasteiger partial charge in [0.25, 0.3) is 5.91 Å². The minimum atomic E-state index is -5.08. The highest BCUT2D eigenvalue weighted by molar-refractivity contribution is 5.99. The Hall–Kier alpha value is -10.6. The normalized spacial score (nSPS) is 16.6. The Balaban J connectivity index is 0.00000234. The molecule has 4 heterocycles. The van der Waals surface area contributed by atoms with Crippen LogP contribution in [0.15, 0.2) is 72.2 Å². The minimum Gasteiger partial charge on any atom is -0.508 e. The van der Waals surface area contributed by atoms with Crippen molar-refractivity contribution >= 4 is 87.9 Å². The molecule has 21 N–H and O–H groups in total. The van der Waals surface area contributed by atoms with E-state index < -0.39 is 145 Å². The molecule has 2 aromatic carbocycles. The number of aliphatic imine (C=N–C) groups is 1. The molecule has 98 heavy (non-hydrogen) atoms. The summed E-state index contributed by atoms with van der Waals surface area (Å²) in [5.74, 6) is -11.3. The van der Waals surface area contributed by atoms with Gasteiger partial charge in [0.1, 0.15) is 60.1 Å². The number of carbonyl (C=O) groups excluding carboxylic acids is 11. The van der Waals surface area contributed by atoms with E-state index in [2.05, 4.69) is 67.9 Å². The molecule has 12 amide bonds. The second-order valence-electron chi connectivity index (χ2n) is 24.5. The molecule has 0 aliphatic carbocycles. The molecular weight excluding hydrogens is 1300 g/mol. The van der Waals surface area contributed by atoms with E-state index in [0.717, 1.165) is 0 Å². The molecule has 2 fully saturated rings. The quantitative estimate of drug-likeness (QED) is 0.0107. The molecule has 0 unspecified atom stereocenters. The predicted molar refractivity (Wildman–Crippen MR) is 342 cm³/mol. The number of alkyl halides is 3. The van der Waals surface area contributed by atoms with Gasteiger partial charge in [-0.2, -0.15) is 13.2 Å². The number of carboxylic acids is 1. The fourth-order valence-electron chi connectivity index (χ4n) is 10.2. The van der Waals surface area contributed by atoms with Crippen molar-refractivity contribution < 1.29 is 90.8 Å². The number of imidazole rings is 1. The molecule has 9 atom stereocenters. The van der Waals surface area contributed by atoms with E-state index in [1.807, 2.05) is 5.43 Å². The van der Waals surface area contributed by atoms with Crippen LogP contribution < -0.4 is 70.6 Å². The average Bonchev–Trinajstić information content (AvgIpc) is 1.56. The molecule has 0 spiro atoms. The van der Waals surface area contributed by atoms with Crippen molar-refractivity contribution in [3.05, 3.63) is 84.1 Å². The number of halogens is 3. The highest BCUT2D eigenvalue weighted by Crippen LogP contribution is 2.23. The monoisotopic (exact) mass is 1380 g/mol. The number of hydrogen-bond acceptors (Lipinski definition) is 17. The van der Waals surface area contributed by atoms with E-state index in [9.17, 15) is 76.1 Å². The van der Waals surface area contributed by atoms with Gasteiger partial charge in [-0.05, 0) is 94.5 Å². The number of urea groups is 1. The number of fused-ring (bicyclic) bond motifs is 1. The number of hydrazine groups is 1. The van der Waals surface area contributed by atoms with Gasteiger partial charge in [-0.1, -0.05) is 44.2 Å². The van der Waals surface area contributed by atoms with Crippen molar-refractivity contribution in [1.82, 2.24) is 73.2 Å². The Morgan fingerprint density at radius 1 is 0.724 bits per heavy atom. The Morgan fingerprint density at radius 2 is 1.30 bits per heavy atom. The van der Waals surface area contributed by atoms with Gasteiger partial charge in [-0.25, -0.2) is 20.0 Å². The summed E-state index contributed by atoms with van der Waals surface area (Å²) >= 11 is 0. The van der Waals surface area contributed by atoms with Crippen LogP contribution in [0.5, 0.6) is 5.75 Å². The predicted octanol–water partition coefficient (Wildman–Crippen LogP) is -2.47. The third-order valence-corrected chi connectivity index (χ3v) is 15.1. The van der Waals surface area contributed by atoms with Crippen LogP contribution in [0.3, 0.4) is 0 Å². The number of H-pyrrole nitrogens is 2. The first kappa shape index (κ1) is 78.1. The van der Waals surface area contributed by atoms with Crippen LogP contribution in [-0.2, 0) is 76.7 Å². The number of aromatic hydroxyl groups is 1. The number of nitrogens with two attached hydrogens (primary N) is 3. The van der Waals surface area contributed by atoms with Crippen LogP contribution in [0.4, 0.5) is 18.0 Å². The first-order valence-electron chi connectivity index (χ1n) is 31.1. The number of aromatic amines is 2. The maximum atomic E-state index is 14.8. The molecule has 37 heteroatoms. The number of aromatic nitrogens is 3. The lowest BCUT2D eigenvalue weighted by atomic mass is 10.0. The van der Waals surface area contributed by atoms with Gasteiger partial charge in [-0.3, -0.25) is 58.4 Å². The van der Waals surface area contributed by atoms with Crippen LogP contribution in [0.2, 0.25) is 0 Å². The third-order valence-electron chi connectivity index (χ3n) is 15.1. The van der Waals surface area contributed by atoms with Gasteiger partial charge >= 0.3 is 18.2 Å². The van der Waals surface area contributed by atoms with Crippen molar-refractivity contribution in [2.75, 3.05) is 26.3 Å². The zero-order chi connectivity index (χ0) is 72.6. The number of aliphatic hydroxyl groups is 1. The number of rotatable bonds is 31. The Morgan fingerprint density at radius 3 is 1.87 bits per heavy atom. The van der Waals surface area contributed by atoms with Crippen molar-refractivity contribution in [1.29, 1.82) is 0 Å². The van der Waals surface area contributed by atoms with E-state index in [4.69, 9.17) is 31.8 Å². The summed E-state index contributed by atoms with van der Waals surface area (Å²) in [5, 5.41) is 49.9. The molecular formula is C61H85F3N18O16. The van der Waals surface area contributed by atoms with Gasteiger partial charge < -0.3 is 94.7 Å². The number of aliphatic hydroxyl groups excluding tert-OH is 1. The van der Waals surface area contributed by atoms with E-state index >= 15 is 0 Å². The number of carbonyl (C=O) groups is 12. The smallest absolute Gasteiger partial charge is 0.490 e. The molecule has 2 saturated heterocycles. The fraction of sp³-hybridized carbons (Fsp3) is 0.508. The molecule has 2 aliphatic rings. The molecule has 2 aromatic heterocycles. The van der Waals surface area contributed by atoms with Crippen molar-refractivity contribution in [3.63, 3.8) is 0 Å². The summed E-state index contributed by atoms with van der Waals surface area (Å²) in [6.07, 6.45) is -0.175. The molecule has 0 radical (unpaired) electrons. The Labute approximate surface area is 559 Å². The number of hydrogen-bond donors (Lipinski definition) is 18. The number of ether oxygens (including phenoxy) is 1. The topological polar surface area (TPSA) is 533 Å². The zero-order valence-electron chi connectivity index (χ0n) is 54.4. The number of phenolic OH excluding ortho intramolecular Hbond substituents is 1. The summed E-state index contributed by atoms with van der Waals surface area (Å²) in [5.41, 5.74) is 21.6. The number of nitrogens with zero attached hydrogens (tertiary/aromatic N) is 3. The van der Waals surface area contributed by atoms with Crippen LogP contribution in [0, 0.1) is 5.92 Å². The van der Waals surface area contributed by atoms with E-state index in [-0.39, 0.29) is 94.4 Å². The average molecular weight is 1380 g/mol. The van der Waals surface area contributed by atoms with E-state index in [1.165, 1.54) is 41.7 Å². The lowest BCUT2D eigenvalue weighted by Crippen LogP contribution is -2.62. The number of guanidine groups is 1. The van der Waals surface area contributed by atoms with Gasteiger partial charge in [0.05, 0.1) is 25.1 Å². The lowest BCUT2D eigenvalue weighted by Gasteiger charge is -2.31. The SMILES string of the molecule is CC(C)C[C@H](NC(=O)[C@H](COC(C)(C)C)NC(=O)[C@H](Cc1ccc(O)cc1)NC(=O)[C@H](CO)NC(=O)[C@H](Cc1c[nH]c2ccccc12)NC(=O)[C@H](Cc1cnc[nH]1)NC(=O)[C@@H]1CCC(=O)N1)C(=O)N[C@@H](CCCN=C(N)N)C(=O)N1CCC[C@H]1C(=O)NNC(N)=O.O=C(O)C(F)(F)F. The van der Waals surface area contributed by atoms with Gasteiger partial charge in [0.2, 0.25) is 53.2 Å². The van der Waals surface area contributed by atoms with Crippen LogP contribution in [-0.4, -0.2) is 205 Å². The number of aliphatic carboxylic acids is 1. The number of amides is 12. The molecule has 4 aromatic rings. The van der Waals surface area contributed by atoms with Gasteiger partial charge in [-0.15, -0.1) is 0 Å². The molecule has 0 saturated carbocycles. The number of benzene rings is 2. The maximum absolute atomic E-state index is 14.8. The first-order valence-corrected chi connectivity index (χ1v) is 31.1. The summed E-state index contributed by atoms with van der Waals surface area (Å²) in [4.78, 5) is 176. The summed E-state index contributed by atoms with van der Waals surface area (Å²) in [6.45, 7) is 7.28. The van der Waals surface area contributed by atoms with E-state index in [0.29, 0.717) is 34.1 Å². The number of primary amides is 1. The molecule has 34 nitrogen and oxygen atoms in total. The number of para-hydroxylation sites is 1. The van der Waals surface area contributed by atoms with Gasteiger partial charge in [0.15, 0.2) is 5.96 Å². The standard InChI is InChI=1S/C59H84N18O14.C2HF3O2/c1-31(2)22-40(49(82)68-39(12-8-20-64-57(60)61)56(89)77-21-9-13-46(77)55(88)75-76-58(62)90)69-54(87)45(29-91-59(3,4)5)74-50(83)41(23-32-14-16-35(79)17-15-32)70-53(86)44(28-78)73-51(84)42(24-33-26-65-37-11-7-6-10-36(33)37)71-52(85)43(25-34-27-63-30-66-34)72-48(81)38-18-19-47(80)67-38;3-2(4,5)1(6)7/h6-7,10-11,14-17,26-27,30-31,38-46,65,78-79H,8-9,12-13,18-25,28-29H2,1-5H3,(H,63,66)(H,67,80)(H,68,82)(H,69,87)(H,70,86)(H,71,85)(H,72,81)(H,73,84)(H,74,83)(H,75,88)(H4,60,61,64)(H3,62,76,90);(H,6,7)/t38-,39-,40-,41-,42-,43-,44-,45-,46-;/m0./s1. The number of phenols is 1. The van der Waals surface area contributed by atoms with Crippen molar-refractivity contribution in [3.8, 4) is 5.75 Å². The molecule has 0 bridgehead atoms. The second-order valence-corrected chi connectivity index (χ2v) is 24.5.